The van der Waals surface area contributed by atoms with Crippen LogP contribution in [0, 0.1) is 11.3 Å². The smallest absolute Gasteiger partial charge is 0.238 e. The normalized spacial score (nSPS) is 10.1. The third-order valence-corrected chi connectivity index (χ3v) is 2.89. The highest BCUT2D eigenvalue weighted by Gasteiger charge is 2.09. The van der Waals surface area contributed by atoms with E-state index >= 15 is 0 Å². The van der Waals surface area contributed by atoms with E-state index < -0.39 is 0 Å². The zero-order chi connectivity index (χ0) is 15.1. The second kappa shape index (κ2) is 7.17. The van der Waals surface area contributed by atoms with E-state index in [1.165, 1.54) is 0 Å². The van der Waals surface area contributed by atoms with Crippen molar-refractivity contribution in [2.24, 2.45) is 0 Å². The fourth-order valence-electron chi connectivity index (χ4n) is 1.95. The van der Waals surface area contributed by atoms with Gasteiger partial charge in [-0.2, -0.15) is 5.26 Å². The quantitative estimate of drug-likeness (QED) is 0.909. The first-order chi connectivity index (χ1) is 10.2. The highest BCUT2D eigenvalue weighted by molar-refractivity contribution is 5.93. The average Bonchev–Trinajstić information content (AvgIpc) is 2.48. The molecule has 0 aliphatic heterocycles. The van der Waals surface area contributed by atoms with Crippen LogP contribution < -0.4 is 5.32 Å². The molecule has 1 N–H and O–H groups in total. The van der Waals surface area contributed by atoms with Gasteiger partial charge in [-0.05, 0) is 31.3 Å². The molecule has 1 aromatic heterocycles. The van der Waals surface area contributed by atoms with E-state index in [-0.39, 0.29) is 12.5 Å². The summed E-state index contributed by atoms with van der Waals surface area (Å²) >= 11 is 0. The first-order valence-electron chi connectivity index (χ1n) is 6.56. The van der Waals surface area contributed by atoms with Gasteiger partial charge in [0.25, 0.3) is 0 Å². The van der Waals surface area contributed by atoms with Gasteiger partial charge < -0.3 is 5.32 Å². The lowest BCUT2D eigenvalue weighted by atomic mass is 10.2. The van der Waals surface area contributed by atoms with Gasteiger partial charge in [-0.3, -0.25) is 14.7 Å². The van der Waals surface area contributed by atoms with Crippen molar-refractivity contribution >= 4 is 11.6 Å². The molecule has 1 amide bonds. The number of nitrogens with one attached hydrogen (secondary N) is 1. The van der Waals surface area contributed by atoms with E-state index in [4.69, 9.17) is 5.26 Å². The molecule has 0 fully saturated rings. The van der Waals surface area contributed by atoms with Crippen LogP contribution in [-0.2, 0) is 11.3 Å². The Labute approximate surface area is 123 Å². The summed E-state index contributed by atoms with van der Waals surface area (Å²) < 4.78 is 0. The monoisotopic (exact) mass is 280 g/mol. The first kappa shape index (κ1) is 14.7. The lowest BCUT2D eigenvalue weighted by molar-refractivity contribution is -0.117. The summed E-state index contributed by atoms with van der Waals surface area (Å²) in [5, 5.41) is 11.7. The minimum absolute atomic E-state index is 0.156. The number of nitrogens with zero attached hydrogens (tertiary/aromatic N) is 3. The Morgan fingerprint density at radius 3 is 2.76 bits per heavy atom. The van der Waals surface area contributed by atoms with Crippen molar-refractivity contribution in [3.63, 3.8) is 0 Å². The number of hydrogen-bond acceptors (Lipinski definition) is 4. The number of likely N-dealkylation sites (N-methyl/N-ethyl adjacent to an activating group) is 1. The molecule has 0 aliphatic rings. The SMILES string of the molecule is CN(CC(=O)Nc1ccccc1C#N)Cc1ccccn1. The van der Waals surface area contributed by atoms with Crippen LogP contribution in [0.3, 0.4) is 0 Å². The van der Waals surface area contributed by atoms with E-state index in [9.17, 15) is 4.79 Å². The maximum Gasteiger partial charge on any atom is 0.238 e. The van der Waals surface area contributed by atoms with Crippen molar-refractivity contribution in [2.75, 3.05) is 18.9 Å². The summed E-state index contributed by atoms with van der Waals surface area (Å²) in [7, 11) is 1.85. The predicted octanol–water partition coefficient (Wildman–Crippen LogP) is 2.02. The molecule has 0 unspecified atom stereocenters. The highest BCUT2D eigenvalue weighted by Crippen LogP contribution is 2.13. The van der Waals surface area contributed by atoms with Gasteiger partial charge in [0.05, 0.1) is 23.5 Å². The van der Waals surface area contributed by atoms with Crippen LogP contribution in [0.4, 0.5) is 5.69 Å². The van der Waals surface area contributed by atoms with E-state index in [1.807, 2.05) is 30.1 Å². The fraction of sp³-hybridized carbons (Fsp3) is 0.188. The highest BCUT2D eigenvalue weighted by atomic mass is 16.2. The average molecular weight is 280 g/mol. The molecule has 1 aromatic carbocycles. The second-order valence-electron chi connectivity index (χ2n) is 4.70. The topological polar surface area (TPSA) is 69.0 Å². The largest absolute Gasteiger partial charge is 0.324 e. The first-order valence-corrected chi connectivity index (χ1v) is 6.56. The molecule has 0 saturated heterocycles. The van der Waals surface area contributed by atoms with E-state index in [0.717, 1.165) is 5.69 Å². The van der Waals surface area contributed by atoms with Gasteiger partial charge in [-0.1, -0.05) is 18.2 Å². The van der Waals surface area contributed by atoms with Crippen molar-refractivity contribution in [1.82, 2.24) is 9.88 Å². The summed E-state index contributed by atoms with van der Waals surface area (Å²) in [6.45, 7) is 0.824. The number of anilines is 1. The molecular formula is C16H16N4O. The number of para-hydroxylation sites is 1. The molecular weight excluding hydrogens is 264 g/mol. The Bertz CT molecular complexity index is 649. The molecule has 21 heavy (non-hydrogen) atoms. The maximum atomic E-state index is 12.0. The summed E-state index contributed by atoms with van der Waals surface area (Å²) in [5.74, 6) is -0.156. The fourth-order valence-corrected chi connectivity index (χ4v) is 1.95. The maximum absolute atomic E-state index is 12.0. The summed E-state index contributed by atoms with van der Waals surface area (Å²) in [4.78, 5) is 18.1. The van der Waals surface area contributed by atoms with Crippen molar-refractivity contribution in [3.05, 3.63) is 59.9 Å². The third-order valence-electron chi connectivity index (χ3n) is 2.89. The molecule has 0 saturated carbocycles. The van der Waals surface area contributed by atoms with E-state index in [0.29, 0.717) is 17.8 Å². The molecule has 2 rings (SSSR count). The van der Waals surface area contributed by atoms with Crippen LogP contribution in [0.25, 0.3) is 0 Å². The van der Waals surface area contributed by atoms with Gasteiger partial charge in [0.1, 0.15) is 6.07 Å². The van der Waals surface area contributed by atoms with Crippen LogP contribution in [0.15, 0.2) is 48.7 Å². The Morgan fingerprint density at radius 2 is 2.05 bits per heavy atom. The number of rotatable bonds is 5. The Hall–Kier alpha value is -2.71. The molecule has 2 aromatic rings. The molecule has 0 spiro atoms. The Balaban J connectivity index is 1.91. The molecule has 1 heterocycles. The zero-order valence-corrected chi connectivity index (χ0v) is 11.8. The lowest BCUT2D eigenvalue weighted by Gasteiger charge is -2.16. The zero-order valence-electron chi connectivity index (χ0n) is 11.8. The minimum Gasteiger partial charge on any atom is -0.324 e. The third kappa shape index (κ3) is 4.41. The number of hydrogen-bond donors (Lipinski definition) is 1. The van der Waals surface area contributed by atoms with E-state index in [1.54, 1.807) is 30.5 Å². The summed E-state index contributed by atoms with van der Waals surface area (Å²) in [5.41, 5.74) is 1.90. The van der Waals surface area contributed by atoms with Gasteiger partial charge in [0, 0.05) is 12.7 Å². The van der Waals surface area contributed by atoms with Crippen molar-refractivity contribution in [3.8, 4) is 6.07 Å². The number of carbonyl (C=O) groups is 1. The molecule has 5 nitrogen and oxygen atoms in total. The van der Waals surface area contributed by atoms with Crippen molar-refractivity contribution < 1.29 is 4.79 Å². The van der Waals surface area contributed by atoms with Crippen LogP contribution in [0.2, 0.25) is 0 Å². The van der Waals surface area contributed by atoms with Crippen LogP contribution >= 0.6 is 0 Å². The predicted molar refractivity (Wildman–Crippen MR) is 80.4 cm³/mol. The van der Waals surface area contributed by atoms with Crippen LogP contribution in [0.1, 0.15) is 11.3 Å². The molecule has 0 atom stereocenters. The minimum atomic E-state index is -0.156. The van der Waals surface area contributed by atoms with Crippen LogP contribution in [0.5, 0.6) is 0 Å². The standard InChI is InChI=1S/C16H16N4O/c1-20(11-14-7-4-5-9-18-14)12-16(21)19-15-8-3-2-6-13(15)10-17/h2-9H,11-12H2,1H3,(H,19,21). The number of benzene rings is 1. The van der Waals surface area contributed by atoms with Gasteiger partial charge in [-0.15, -0.1) is 0 Å². The number of amides is 1. The molecule has 106 valence electrons. The van der Waals surface area contributed by atoms with Gasteiger partial charge >= 0.3 is 0 Å². The molecule has 5 heteroatoms. The van der Waals surface area contributed by atoms with E-state index in [2.05, 4.69) is 16.4 Å². The number of nitriles is 1. The van der Waals surface area contributed by atoms with Gasteiger partial charge in [0.2, 0.25) is 5.91 Å². The van der Waals surface area contributed by atoms with Crippen LogP contribution in [-0.4, -0.2) is 29.4 Å². The second-order valence-corrected chi connectivity index (χ2v) is 4.70. The number of aromatic nitrogens is 1. The van der Waals surface area contributed by atoms with Gasteiger partial charge in [-0.25, -0.2) is 0 Å². The van der Waals surface area contributed by atoms with Crippen molar-refractivity contribution in [2.45, 2.75) is 6.54 Å². The lowest BCUT2D eigenvalue weighted by Crippen LogP contribution is -2.30. The number of pyridine rings is 1. The number of carbonyl (C=O) groups excluding carboxylic acids is 1. The van der Waals surface area contributed by atoms with Gasteiger partial charge in [0.15, 0.2) is 0 Å². The molecule has 0 bridgehead atoms. The Morgan fingerprint density at radius 1 is 1.29 bits per heavy atom. The summed E-state index contributed by atoms with van der Waals surface area (Å²) in [6, 6.07) is 14.7. The van der Waals surface area contributed by atoms with Crippen molar-refractivity contribution in [1.29, 1.82) is 5.26 Å². The molecule has 0 aliphatic carbocycles. The molecule has 0 radical (unpaired) electrons. The summed E-state index contributed by atoms with van der Waals surface area (Å²) in [6.07, 6.45) is 1.73. The Kier molecular flexibility index (Phi) is 5.02.